The van der Waals surface area contributed by atoms with Crippen molar-refractivity contribution in [1.82, 2.24) is 5.32 Å². The van der Waals surface area contributed by atoms with Crippen LogP contribution in [0.3, 0.4) is 0 Å². The second-order valence-corrected chi connectivity index (χ2v) is 7.55. The Hall–Kier alpha value is -2.29. The summed E-state index contributed by atoms with van der Waals surface area (Å²) in [6.45, 7) is 0. The summed E-state index contributed by atoms with van der Waals surface area (Å²) in [7, 11) is 0. The van der Waals surface area contributed by atoms with Crippen molar-refractivity contribution in [3.8, 4) is 0 Å². The van der Waals surface area contributed by atoms with E-state index in [2.05, 4.69) is 41.7 Å². The largest absolute Gasteiger partial charge is 0.399 e. The average Bonchev–Trinajstić information content (AvgIpc) is 2.61. The lowest BCUT2D eigenvalue weighted by Crippen LogP contribution is -2.33. The van der Waals surface area contributed by atoms with Crippen molar-refractivity contribution in [3.05, 3.63) is 64.7 Å². The predicted molar refractivity (Wildman–Crippen MR) is 101 cm³/mol. The molecule has 0 aromatic heterocycles. The molecule has 2 aromatic rings. The summed E-state index contributed by atoms with van der Waals surface area (Å²) in [6.07, 6.45) is 7.07. The maximum absolute atomic E-state index is 12.6. The van der Waals surface area contributed by atoms with E-state index in [1.165, 1.54) is 22.3 Å². The number of hydrogen-bond donors (Lipinski definition) is 2. The standard InChI is InChI=1S/C22H26N2O/c23-19-10-11-20-18(14-19)6-3-7-21(20)24-22(25)13-15-8-9-16-4-1-2-5-17(16)12-15/h1-2,4-5,10-11,14-15,21H,3,6-9,12-13,23H2,(H,24,25). The van der Waals surface area contributed by atoms with Crippen LogP contribution in [0, 0.1) is 5.92 Å². The van der Waals surface area contributed by atoms with Crippen LogP contribution in [0.25, 0.3) is 0 Å². The second kappa shape index (κ2) is 6.91. The van der Waals surface area contributed by atoms with Gasteiger partial charge in [-0.05, 0) is 78.8 Å². The first-order valence-corrected chi connectivity index (χ1v) is 9.43. The molecule has 2 aromatic carbocycles. The summed E-state index contributed by atoms with van der Waals surface area (Å²) in [5.41, 5.74) is 12.1. The molecule has 130 valence electrons. The van der Waals surface area contributed by atoms with Gasteiger partial charge in [-0.15, -0.1) is 0 Å². The van der Waals surface area contributed by atoms with Crippen molar-refractivity contribution in [2.45, 2.75) is 51.0 Å². The highest BCUT2D eigenvalue weighted by atomic mass is 16.1. The van der Waals surface area contributed by atoms with E-state index in [0.717, 1.165) is 44.2 Å². The Bertz CT molecular complexity index is 783. The fourth-order valence-electron chi connectivity index (χ4n) is 4.45. The van der Waals surface area contributed by atoms with Crippen molar-refractivity contribution in [2.24, 2.45) is 5.92 Å². The summed E-state index contributed by atoms with van der Waals surface area (Å²) in [6, 6.07) is 14.9. The van der Waals surface area contributed by atoms with Crippen molar-refractivity contribution in [3.63, 3.8) is 0 Å². The van der Waals surface area contributed by atoms with Gasteiger partial charge in [0.2, 0.25) is 5.91 Å². The molecule has 0 saturated carbocycles. The monoisotopic (exact) mass is 334 g/mol. The fourth-order valence-corrected chi connectivity index (χ4v) is 4.45. The smallest absolute Gasteiger partial charge is 0.220 e. The second-order valence-electron chi connectivity index (χ2n) is 7.55. The Kier molecular flexibility index (Phi) is 4.48. The van der Waals surface area contributed by atoms with Gasteiger partial charge in [-0.1, -0.05) is 30.3 Å². The minimum absolute atomic E-state index is 0.146. The molecule has 2 aliphatic carbocycles. The van der Waals surface area contributed by atoms with Crippen LogP contribution in [0.1, 0.15) is 54.0 Å². The van der Waals surface area contributed by atoms with E-state index >= 15 is 0 Å². The normalized spacial score (nSPS) is 21.9. The number of nitrogen functional groups attached to an aromatic ring is 1. The van der Waals surface area contributed by atoms with Crippen LogP contribution in [0.4, 0.5) is 5.69 Å². The fraction of sp³-hybridized carbons (Fsp3) is 0.409. The molecule has 0 saturated heterocycles. The number of carbonyl (C=O) groups excluding carboxylic acids is 1. The van der Waals surface area contributed by atoms with Crippen molar-refractivity contribution in [2.75, 3.05) is 5.73 Å². The molecule has 0 heterocycles. The van der Waals surface area contributed by atoms with Crippen LogP contribution < -0.4 is 11.1 Å². The summed E-state index contributed by atoms with van der Waals surface area (Å²) < 4.78 is 0. The van der Waals surface area contributed by atoms with Gasteiger partial charge in [0.05, 0.1) is 6.04 Å². The number of rotatable bonds is 3. The Morgan fingerprint density at radius 2 is 1.88 bits per heavy atom. The Morgan fingerprint density at radius 1 is 1.04 bits per heavy atom. The number of aryl methyl sites for hydroxylation is 2. The Labute approximate surface area is 149 Å². The van der Waals surface area contributed by atoms with Crippen molar-refractivity contribution in [1.29, 1.82) is 0 Å². The van der Waals surface area contributed by atoms with Crippen LogP contribution in [0.2, 0.25) is 0 Å². The lowest BCUT2D eigenvalue weighted by Gasteiger charge is -2.28. The molecular formula is C22H26N2O. The summed E-state index contributed by atoms with van der Waals surface area (Å²) in [5.74, 6) is 0.656. The zero-order valence-corrected chi connectivity index (χ0v) is 14.6. The molecule has 0 aliphatic heterocycles. The van der Waals surface area contributed by atoms with E-state index in [4.69, 9.17) is 5.73 Å². The van der Waals surface area contributed by atoms with Gasteiger partial charge in [0.1, 0.15) is 0 Å². The molecule has 0 bridgehead atoms. The number of hydrogen-bond acceptors (Lipinski definition) is 2. The first-order chi connectivity index (χ1) is 12.2. The molecule has 4 rings (SSSR count). The molecule has 3 heteroatoms. The Balaban J connectivity index is 1.39. The number of nitrogens with two attached hydrogens (primary N) is 1. The first-order valence-electron chi connectivity index (χ1n) is 9.43. The van der Waals surface area contributed by atoms with Gasteiger partial charge in [-0.3, -0.25) is 4.79 Å². The number of carbonyl (C=O) groups is 1. The van der Waals surface area contributed by atoms with Crippen LogP contribution in [0.15, 0.2) is 42.5 Å². The van der Waals surface area contributed by atoms with E-state index in [0.29, 0.717) is 12.3 Å². The van der Waals surface area contributed by atoms with Gasteiger partial charge < -0.3 is 11.1 Å². The molecule has 25 heavy (non-hydrogen) atoms. The number of fused-ring (bicyclic) bond motifs is 2. The predicted octanol–water partition coefficient (Wildman–Crippen LogP) is 3.96. The van der Waals surface area contributed by atoms with Gasteiger partial charge in [0.15, 0.2) is 0 Å². The average molecular weight is 334 g/mol. The maximum Gasteiger partial charge on any atom is 0.220 e. The van der Waals surface area contributed by atoms with E-state index in [-0.39, 0.29) is 11.9 Å². The molecule has 2 aliphatic rings. The number of nitrogens with one attached hydrogen (secondary N) is 1. The highest BCUT2D eigenvalue weighted by molar-refractivity contribution is 5.77. The molecular weight excluding hydrogens is 308 g/mol. The molecule has 1 amide bonds. The SMILES string of the molecule is Nc1ccc2c(c1)CCCC2NC(=O)CC1CCc2ccccc2C1. The lowest BCUT2D eigenvalue weighted by atomic mass is 9.82. The molecule has 3 nitrogen and oxygen atoms in total. The van der Waals surface area contributed by atoms with Crippen LogP contribution in [-0.2, 0) is 24.1 Å². The third-order valence-corrected chi connectivity index (χ3v) is 5.74. The van der Waals surface area contributed by atoms with Crippen LogP contribution in [0.5, 0.6) is 0 Å². The summed E-state index contributed by atoms with van der Waals surface area (Å²) >= 11 is 0. The highest BCUT2D eigenvalue weighted by Gasteiger charge is 2.25. The summed E-state index contributed by atoms with van der Waals surface area (Å²) in [5, 5.41) is 3.29. The summed E-state index contributed by atoms with van der Waals surface area (Å²) in [4.78, 5) is 12.6. The number of anilines is 1. The molecule has 3 N–H and O–H groups in total. The van der Waals surface area contributed by atoms with E-state index < -0.39 is 0 Å². The minimum atomic E-state index is 0.146. The number of benzene rings is 2. The maximum atomic E-state index is 12.6. The van der Waals surface area contributed by atoms with E-state index in [1.54, 1.807) is 0 Å². The first kappa shape index (κ1) is 16.2. The van der Waals surface area contributed by atoms with E-state index in [9.17, 15) is 4.79 Å². The third-order valence-electron chi connectivity index (χ3n) is 5.74. The van der Waals surface area contributed by atoms with Crippen LogP contribution >= 0.6 is 0 Å². The molecule has 0 radical (unpaired) electrons. The van der Waals surface area contributed by atoms with Gasteiger partial charge in [-0.2, -0.15) is 0 Å². The zero-order chi connectivity index (χ0) is 17.2. The number of amides is 1. The lowest BCUT2D eigenvalue weighted by molar-refractivity contribution is -0.123. The van der Waals surface area contributed by atoms with Gasteiger partial charge >= 0.3 is 0 Å². The molecule has 0 fully saturated rings. The van der Waals surface area contributed by atoms with Crippen molar-refractivity contribution < 1.29 is 4.79 Å². The topological polar surface area (TPSA) is 55.1 Å². The Morgan fingerprint density at radius 3 is 2.76 bits per heavy atom. The molecule has 0 spiro atoms. The van der Waals surface area contributed by atoms with Crippen molar-refractivity contribution >= 4 is 11.6 Å². The van der Waals surface area contributed by atoms with Crippen LogP contribution in [-0.4, -0.2) is 5.91 Å². The van der Waals surface area contributed by atoms with E-state index in [1.807, 2.05) is 6.07 Å². The quantitative estimate of drug-likeness (QED) is 0.835. The molecule has 2 atom stereocenters. The van der Waals surface area contributed by atoms with Gasteiger partial charge in [-0.25, -0.2) is 0 Å². The molecule has 2 unspecified atom stereocenters. The highest BCUT2D eigenvalue weighted by Crippen LogP contribution is 2.32. The van der Waals surface area contributed by atoms with Gasteiger partial charge in [0, 0.05) is 12.1 Å². The van der Waals surface area contributed by atoms with Gasteiger partial charge in [0.25, 0.3) is 0 Å². The third kappa shape index (κ3) is 3.55. The zero-order valence-electron chi connectivity index (χ0n) is 14.6. The minimum Gasteiger partial charge on any atom is -0.399 e.